The number of nitrogens with zero attached hydrogens (tertiary/aromatic N) is 1. The molecule has 2 aromatic rings. The molecule has 1 aliphatic rings. The fourth-order valence-electron chi connectivity index (χ4n) is 2.76. The molecule has 0 bridgehead atoms. The summed E-state index contributed by atoms with van der Waals surface area (Å²) in [4.78, 5) is 13.4. The molecular weight excluding hydrogens is 350 g/mol. The zero-order valence-electron chi connectivity index (χ0n) is 16.6. The Morgan fingerprint density at radius 2 is 1.79 bits per heavy atom. The monoisotopic (exact) mass is 377 g/mol. The third kappa shape index (κ3) is 7.03. The minimum atomic E-state index is -0.299. The minimum absolute atomic E-state index is 0.299. The van der Waals surface area contributed by atoms with E-state index in [9.17, 15) is 4.79 Å². The van der Waals surface area contributed by atoms with E-state index in [4.69, 9.17) is 11.2 Å². The second kappa shape index (κ2) is 11.8. The largest absolute Gasteiger partial charge is 0.465 e. The van der Waals surface area contributed by atoms with E-state index < -0.39 is 0 Å². The van der Waals surface area contributed by atoms with E-state index in [0.29, 0.717) is 5.56 Å². The van der Waals surface area contributed by atoms with E-state index in [-0.39, 0.29) is 5.97 Å². The smallest absolute Gasteiger partial charge is 0.337 e. The molecular formula is C24H27NO3. The Labute approximate surface area is 167 Å². The van der Waals surface area contributed by atoms with Gasteiger partial charge < -0.3 is 9.47 Å². The summed E-state index contributed by atoms with van der Waals surface area (Å²) in [7, 11) is 1.38. The van der Waals surface area contributed by atoms with Crippen molar-refractivity contribution in [2.24, 2.45) is 0 Å². The summed E-state index contributed by atoms with van der Waals surface area (Å²) < 4.78 is 9.88. The zero-order chi connectivity index (χ0) is 20.2. The highest BCUT2D eigenvalue weighted by atomic mass is 16.5. The predicted molar refractivity (Wildman–Crippen MR) is 113 cm³/mol. The number of terminal acetylenes is 1. The quantitative estimate of drug-likeness (QED) is 0.596. The van der Waals surface area contributed by atoms with Crippen molar-refractivity contribution in [1.29, 1.82) is 0 Å². The first kappa shape index (κ1) is 21.4. The lowest BCUT2D eigenvalue weighted by Gasteiger charge is -2.26. The Kier molecular flexibility index (Phi) is 9.00. The molecule has 0 spiro atoms. The summed E-state index contributed by atoms with van der Waals surface area (Å²) in [5.74, 6) is 2.33. The first-order valence-corrected chi connectivity index (χ1v) is 9.33. The highest BCUT2D eigenvalue weighted by Crippen LogP contribution is 2.09. The lowest BCUT2D eigenvalue weighted by Crippen LogP contribution is -2.35. The molecule has 0 radical (unpaired) electrons. The fourth-order valence-corrected chi connectivity index (χ4v) is 2.76. The molecule has 2 aromatic carbocycles. The molecule has 1 saturated heterocycles. The Morgan fingerprint density at radius 3 is 2.32 bits per heavy atom. The van der Waals surface area contributed by atoms with Crippen LogP contribution in [0.1, 0.15) is 34.0 Å². The summed E-state index contributed by atoms with van der Waals surface area (Å²) in [5, 5.41) is 0. The van der Waals surface area contributed by atoms with E-state index in [2.05, 4.69) is 27.7 Å². The summed E-state index contributed by atoms with van der Waals surface area (Å²) >= 11 is 0. The van der Waals surface area contributed by atoms with Gasteiger partial charge in [0.2, 0.25) is 0 Å². The number of methoxy groups -OCH3 is 1. The molecule has 0 aliphatic carbocycles. The average molecular weight is 377 g/mol. The Hall–Kier alpha value is -2.87. The summed E-state index contributed by atoms with van der Waals surface area (Å²) in [6, 6.07) is 15.5. The third-order valence-corrected chi connectivity index (χ3v) is 4.32. The van der Waals surface area contributed by atoms with Crippen LogP contribution in [0.4, 0.5) is 0 Å². The molecule has 3 rings (SSSR count). The first-order valence-electron chi connectivity index (χ1n) is 9.33. The van der Waals surface area contributed by atoms with Crippen LogP contribution < -0.4 is 0 Å². The molecule has 0 amide bonds. The van der Waals surface area contributed by atoms with Crippen molar-refractivity contribution in [2.75, 3.05) is 33.4 Å². The van der Waals surface area contributed by atoms with Crippen LogP contribution in [-0.4, -0.2) is 44.3 Å². The van der Waals surface area contributed by atoms with E-state index in [1.54, 1.807) is 12.1 Å². The van der Waals surface area contributed by atoms with Gasteiger partial charge in [-0.05, 0) is 42.3 Å². The molecule has 0 aromatic heterocycles. The first-order chi connectivity index (χ1) is 13.7. The molecule has 1 fully saturated rings. The van der Waals surface area contributed by atoms with E-state index in [1.807, 2.05) is 43.3 Å². The number of benzene rings is 2. The highest BCUT2D eigenvalue weighted by molar-refractivity contribution is 5.89. The lowest BCUT2D eigenvalue weighted by molar-refractivity contribution is 0.0342. The van der Waals surface area contributed by atoms with E-state index >= 15 is 0 Å². The van der Waals surface area contributed by atoms with Crippen LogP contribution in [0.15, 0.2) is 54.6 Å². The molecule has 4 nitrogen and oxygen atoms in total. The number of allylic oxidation sites excluding steroid dienone is 1. The van der Waals surface area contributed by atoms with Crippen molar-refractivity contribution in [3.8, 4) is 12.3 Å². The SMILES string of the molecule is C#Cc1ccc(CN2CCOCC2)cc1.C/C=C/c1ccc(C(=O)OC)cc1. The number of carbonyl (C=O) groups is 1. The van der Waals surface area contributed by atoms with Crippen LogP contribution in [0.25, 0.3) is 6.08 Å². The highest BCUT2D eigenvalue weighted by Gasteiger charge is 2.10. The summed E-state index contributed by atoms with van der Waals surface area (Å²) in [6.07, 6.45) is 9.23. The van der Waals surface area contributed by atoms with E-state index in [0.717, 1.165) is 44.0 Å². The van der Waals surface area contributed by atoms with Crippen molar-refractivity contribution in [2.45, 2.75) is 13.5 Å². The van der Waals surface area contributed by atoms with Gasteiger partial charge in [0.25, 0.3) is 0 Å². The fraction of sp³-hybridized carbons (Fsp3) is 0.292. The standard InChI is InChI=1S/C13H15NO.C11H12O2/c1-2-12-3-5-13(6-4-12)11-14-7-9-15-10-8-14;1-3-4-9-5-7-10(8-6-9)11(12)13-2/h1,3-6H,7-11H2;3-8H,1-2H3/b;4-3+. The minimum Gasteiger partial charge on any atom is -0.465 e. The van der Waals surface area contributed by atoms with Crippen molar-refractivity contribution >= 4 is 12.0 Å². The second-order valence-electron chi connectivity index (χ2n) is 6.34. The number of carbonyl (C=O) groups excluding carboxylic acids is 1. The van der Waals surface area contributed by atoms with Gasteiger partial charge in [0.15, 0.2) is 0 Å². The lowest BCUT2D eigenvalue weighted by atomic mass is 10.1. The molecule has 146 valence electrons. The van der Waals surface area contributed by atoms with Crippen LogP contribution >= 0.6 is 0 Å². The maximum atomic E-state index is 11.0. The van der Waals surface area contributed by atoms with Gasteiger partial charge in [-0.25, -0.2) is 4.79 Å². The Balaban J connectivity index is 0.000000203. The van der Waals surface area contributed by atoms with Gasteiger partial charge >= 0.3 is 5.97 Å². The Morgan fingerprint density at radius 1 is 1.14 bits per heavy atom. The van der Waals surface area contributed by atoms with Gasteiger partial charge in [0.1, 0.15) is 0 Å². The number of rotatable bonds is 4. The number of ether oxygens (including phenoxy) is 2. The van der Waals surface area contributed by atoms with Crippen LogP contribution in [0.5, 0.6) is 0 Å². The number of morpholine rings is 1. The molecule has 0 atom stereocenters. The molecule has 0 saturated carbocycles. The predicted octanol–water partition coefficient (Wildman–Crippen LogP) is 4.01. The zero-order valence-corrected chi connectivity index (χ0v) is 16.6. The maximum Gasteiger partial charge on any atom is 0.337 e. The Bertz CT molecular complexity index is 795. The number of esters is 1. The summed E-state index contributed by atoms with van der Waals surface area (Å²) in [5.41, 5.74) is 3.92. The molecule has 4 heteroatoms. The molecule has 0 N–H and O–H groups in total. The van der Waals surface area contributed by atoms with Gasteiger partial charge in [-0.2, -0.15) is 0 Å². The van der Waals surface area contributed by atoms with Gasteiger partial charge in [-0.1, -0.05) is 42.3 Å². The van der Waals surface area contributed by atoms with Crippen molar-refractivity contribution < 1.29 is 14.3 Å². The normalized spacial score (nSPS) is 14.0. The molecule has 1 heterocycles. The number of hydrogen-bond acceptors (Lipinski definition) is 4. The van der Waals surface area contributed by atoms with Gasteiger partial charge in [-0.3, -0.25) is 4.90 Å². The van der Waals surface area contributed by atoms with Gasteiger partial charge in [0, 0.05) is 25.2 Å². The molecule has 28 heavy (non-hydrogen) atoms. The van der Waals surface area contributed by atoms with Crippen LogP contribution in [-0.2, 0) is 16.0 Å². The average Bonchev–Trinajstić information content (AvgIpc) is 2.76. The molecule has 0 unspecified atom stereocenters. The third-order valence-electron chi connectivity index (χ3n) is 4.32. The van der Waals surface area contributed by atoms with Crippen LogP contribution in [0, 0.1) is 12.3 Å². The second-order valence-corrected chi connectivity index (χ2v) is 6.34. The van der Waals surface area contributed by atoms with E-state index in [1.165, 1.54) is 12.7 Å². The molecule has 1 aliphatic heterocycles. The topological polar surface area (TPSA) is 38.8 Å². The maximum absolute atomic E-state index is 11.0. The van der Waals surface area contributed by atoms with Crippen LogP contribution in [0.3, 0.4) is 0 Å². The van der Waals surface area contributed by atoms with Crippen LogP contribution in [0.2, 0.25) is 0 Å². The van der Waals surface area contributed by atoms with Crippen molar-refractivity contribution in [3.63, 3.8) is 0 Å². The van der Waals surface area contributed by atoms with Gasteiger partial charge in [-0.15, -0.1) is 6.42 Å². The van der Waals surface area contributed by atoms with Gasteiger partial charge in [0.05, 0.1) is 25.9 Å². The van der Waals surface area contributed by atoms with Crippen molar-refractivity contribution in [1.82, 2.24) is 4.90 Å². The van der Waals surface area contributed by atoms with Crippen molar-refractivity contribution in [3.05, 3.63) is 76.9 Å². The number of hydrogen-bond donors (Lipinski definition) is 0. The summed E-state index contributed by atoms with van der Waals surface area (Å²) in [6.45, 7) is 6.70.